The number of hydrogen-bond acceptors (Lipinski definition) is 6. The van der Waals surface area contributed by atoms with Gasteiger partial charge in [-0.15, -0.1) is 0 Å². The van der Waals surface area contributed by atoms with Crippen molar-refractivity contribution in [2.45, 2.75) is 264 Å². The van der Waals surface area contributed by atoms with E-state index in [9.17, 15) is 19.0 Å². The van der Waals surface area contributed by atoms with Gasteiger partial charge in [-0.1, -0.05) is 210 Å². The van der Waals surface area contributed by atoms with Gasteiger partial charge in [0.1, 0.15) is 19.3 Å². The molecule has 412 valence electrons. The molecule has 71 heavy (non-hydrogen) atoms. The monoisotopic (exact) mass is 1020 g/mol. The molecule has 0 aliphatic rings. The Kier molecular flexibility index (Phi) is 49.1. The number of hydrogen-bond donors (Lipinski definition) is 2. The van der Waals surface area contributed by atoms with Gasteiger partial charge in [-0.25, -0.2) is 4.57 Å². The summed E-state index contributed by atoms with van der Waals surface area (Å²) in [7, 11) is 1.47. The van der Waals surface area contributed by atoms with Crippen LogP contribution in [0.4, 0.5) is 0 Å². The van der Waals surface area contributed by atoms with Gasteiger partial charge in [0.2, 0.25) is 5.91 Å². The molecule has 3 atom stereocenters. The zero-order valence-corrected chi connectivity index (χ0v) is 47.8. The van der Waals surface area contributed by atoms with Crippen LogP contribution in [-0.2, 0) is 27.9 Å². The van der Waals surface area contributed by atoms with Gasteiger partial charge >= 0.3 is 13.8 Å². The maximum atomic E-state index is 13.5. The molecule has 0 rings (SSSR count). The Morgan fingerprint density at radius 3 is 1.34 bits per heavy atom. The lowest BCUT2D eigenvalue weighted by molar-refractivity contribution is -0.870. The second-order valence-electron chi connectivity index (χ2n) is 20.8. The molecule has 0 aromatic rings. The molecular formula is C61H112N2O7P+. The maximum absolute atomic E-state index is 13.5. The molecule has 0 bridgehead atoms. The third kappa shape index (κ3) is 52.1. The van der Waals surface area contributed by atoms with E-state index in [0.717, 1.165) is 103 Å². The van der Waals surface area contributed by atoms with Crippen molar-refractivity contribution in [2.75, 3.05) is 40.9 Å². The number of rotatable bonds is 52. The third-order valence-electron chi connectivity index (χ3n) is 12.6. The number of allylic oxidation sites excluding steroid dienone is 11. The standard InChI is InChI=1S/C61H111N2O7P/c1-7-10-13-16-19-22-25-27-28-29-30-31-32-33-34-36-38-41-44-47-50-53-60(64)62-58(57-69-71(66,67)68-56-55-63(4,5)6)59(52-49-46-43-40-37-24-21-18-15-12-9-3)70-61(65)54-51-48-45-42-39-35-26-23-20-17-14-11-8-2/h19,22,27-28,30-31,33-35,39,49,52,58-59H,7-18,20-21,23-26,29,32,36-38,40-48,50-51,53-57H2,1-6H3,(H-,62,64,66,67)/p+1/b22-19-,28-27-,31-30-,34-33-,39-35-,52-49-. The summed E-state index contributed by atoms with van der Waals surface area (Å²) in [4.78, 5) is 37.5. The van der Waals surface area contributed by atoms with Crippen LogP contribution in [0, 0.1) is 0 Å². The van der Waals surface area contributed by atoms with Crippen LogP contribution in [0.1, 0.15) is 252 Å². The van der Waals surface area contributed by atoms with E-state index in [2.05, 4.69) is 86.8 Å². The van der Waals surface area contributed by atoms with Crippen LogP contribution in [0.15, 0.2) is 72.9 Å². The molecule has 0 spiro atoms. The SMILES string of the molecule is CCCCC/C=C\C/C=C\C/C=C\C/C=C\CCCCCCCC(=O)NC(COP(=O)(O)OCC[N+](C)(C)C)C(/C=C\CCCCCCCCCCC)OC(=O)CCCCC/C=C\CCCCCCCC. The van der Waals surface area contributed by atoms with Gasteiger partial charge in [0.15, 0.2) is 0 Å². The zero-order valence-electron chi connectivity index (χ0n) is 47.0. The van der Waals surface area contributed by atoms with Gasteiger partial charge in [-0.05, 0) is 102 Å². The number of amides is 1. The second-order valence-corrected chi connectivity index (χ2v) is 22.3. The fraction of sp³-hybridized carbons (Fsp3) is 0.770. The van der Waals surface area contributed by atoms with Crippen LogP contribution in [0.25, 0.3) is 0 Å². The number of ether oxygens (including phenoxy) is 1. The molecule has 0 aromatic heterocycles. The molecule has 0 heterocycles. The van der Waals surface area contributed by atoms with E-state index in [0.29, 0.717) is 23.9 Å². The number of esters is 1. The highest BCUT2D eigenvalue weighted by atomic mass is 31.2. The topological polar surface area (TPSA) is 111 Å². The molecule has 0 radical (unpaired) electrons. The van der Waals surface area contributed by atoms with Gasteiger partial charge in [0.25, 0.3) is 0 Å². The smallest absolute Gasteiger partial charge is 0.456 e. The van der Waals surface area contributed by atoms with Crippen LogP contribution in [0.3, 0.4) is 0 Å². The van der Waals surface area contributed by atoms with E-state index in [4.69, 9.17) is 13.8 Å². The summed E-state index contributed by atoms with van der Waals surface area (Å²) in [6.07, 6.45) is 64.7. The molecule has 0 aliphatic carbocycles. The van der Waals surface area contributed by atoms with Crippen molar-refractivity contribution in [3.8, 4) is 0 Å². The maximum Gasteiger partial charge on any atom is 0.472 e. The lowest BCUT2D eigenvalue weighted by atomic mass is 10.1. The predicted molar refractivity (Wildman–Crippen MR) is 305 cm³/mol. The van der Waals surface area contributed by atoms with E-state index in [-0.39, 0.29) is 31.5 Å². The number of phosphoric ester groups is 1. The first-order valence-corrected chi connectivity index (χ1v) is 30.8. The Balaban J connectivity index is 5.31. The summed E-state index contributed by atoms with van der Waals surface area (Å²) in [6, 6.07) is -0.865. The van der Waals surface area contributed by atoms with Crippen molar-refractivity contribution in [3.63, 3.8) is 0 Å². The number of carbonyl (C=O) groups excluding carboxylic acids is 2. The summed E-state index contributed by atoms with van der Waals surface area (Å²) in [5.74, 6) is -0.547. The lowest BCUT2D eigenvalue weighted by Crippen LogP contribution is -2.47. The van der Waals surface area contributed by atoms with Gasteiger partial charge in [0.05, 0.1) is 33.8 Å². The van der Waals surface area contributed by atoms with Gasteiger partial charge in [-0.3, -0.25) is 18.6 Å². The summed E-state index contributed by atoms with van der Waals surface area (Å²) in [5.41, 5.74) is 0. The van der Waals surface area contributed by atoms with E-state index in [1.54, 1.807) is 0 Å². The Hall–Kier alpha value is -2.55. The summed E-state index contributed by atoms with van der Waals surface area (Å²) < 4.78 is 30.6. The van der Waals surface area contributed by atoms with E-state index < -0.39 is 20.0 Å². The summed E-state index contributed by atoms with van der Waals surface area (Å²) in [5, 5.41) is 3.03. The molecule has 0 aliphatic heterocycles. The minimum atomic E-state index is -4.45. The number of phosphoric acid groups is 1. The first kappa shape index (κ1) is 68.5. The molecule has 2 N–H and O–H groups in total. The highest BCUT2D eigenvalue weighted by molar-refractivity contribution is 7.47. The van der Waals surface area contributed by atoms with Crippen molar-refractivity contribution in [1.82, 2.24) is 5.32 Å². The molecule has 3 unspecified atom stereocenters. The second kappa shape index (κ2) is 51.0. The van der Waals surface area contributed by atoms with Crippen molar-refractivity contribution in [2.24, 2.45) is 0 Å². The van der Waals surface area contributed by atoms with E-state index in [1.165, 1.54) is 109 Å². The third-order valence-corrected chi connectivity index (χ3v) is 13.6. The highest BCUT2D eigenvalue weighted by Gasteiger charge is 2.30. The number of quaternary nitrogens is 1. The average molecular weight is 1020 g/mol. The molecule has 9 nitrogen and oxygen atoms in total. The molecule has 0 saturated heterocycles. The average Bonchev–Trinajstić information content (AvgIpc) is 3.33. The Morgan fingerprint density at radius 2 is 0.859 bits per heavy atom. The molecular weight excluding hydrogens is 904 g/mol. The van der Waals surface area contributed by atoms with Crippen LogP contribution < -0.4 is 5.32 Å². The van der Waals surface area contributed by atoms with Crippen molar-refractivity contribution < 1.29 is 37.3 Å². The number of carbonyl (C=O) groups is 2. The van der Waals surface area contributed by atoms with E-state index in [1.807, 2.05) is 33.3 Å². The van der Waals surface area contributed by atoms with Crippen molar-refractivity contribution in [3.05, 3.63) is 72.9 Å². The quantitative estimate of drug-likeness (QED) is 0.0205. The molecule has 0 aromatic carbocycles. The van der Waals surface area contributed by atoms with Crippen LogP contribution in [0.5, 0.6) is 0 Å². The molecule has 1 amide bonds. The predicted octanol–water partition coefficient (Wildman–Crippen LogP) is 17.7. The van der Waals surface area contributed by atoms with Gasteiger partial charge in [0, 0.05) is 12.8 Å². The van der Waals surface area contributed by atoms with Crippen molar-refractivity contribution >= 4 is 19.7 Å². The van der Waals surface area contributed by atoms with Crippen molar-refractivity contribution in [1.29, 1.82) is 0 Å². The van der Waals surface area contributed by atoms with Crippen LogP contribution >= 0.6 is 7.82 Å². The van der Waals surface area contributed by atoms with Crippen LogP contribution in [0.2, 0.25) is 0 Å². The Morgan fingerprint density at radius 1 is 0.493 bits per heavy atom. The fourth-order valence-corrected chi connectivity index (χ4v) is 8.77. The van der Waals surface area contributed by atoms with E-state index >= 15 is 0 Å². The summed E-state index contributed by atoms with van der Waals surface area (Å²) in [6.45, 7) is 6.94. The van der Waals surface area contributed by atoms with Gasteiger partial charge < -0.3 is 19.4 Å². The number of nitrogens with zero attached hydrogens (tertiary/aromatic N) is 1. The first-order chi connectivity index (χ1) is 34.4. The lowest BCUT2D eigenvalue weighted by Gasteiger charge is -2.27. The summed E-state index contributed by atoms with van der Waals surface area (Å²) >= 11 is 0. The van der Waals surface area contributed by atoms with Gasteiger partial charge in [-0.2, -0.15) is 0 Å². The molecule has 0 fully saturated rings. The molecule has 0 saturated carbocycles. The minimum Gasteiger partial charge on any atom is -0.456 e. The number of unbranched alkanes of at least 4 members (excludes halogenated alkanes) is 26. The number of nitrogens with one attached hydrogen (secondary N) is 1. The first-order valence-electron chi connectivity index (χ1n) is 29.3. The Bertz CT molecular complexity index is 1450. The fourth-order valence-electron chi connectivity index (χ4n) is 8.03. The zero-order chi connectivity index (χ0) is 52.2. The normalized spacial score (nSPS) is 14.3. The minimum absolute atomic E-state index is 0.0316. The van der Waals surface area contributed by atoms with Crippen LogP contribution in [-0.4, -0.2) is 74.3 Å². The Labute approximate surface area is 438 Å². The number of likely N-dealkylation sites (N-methyl/N-ethyl adjacent to an activating group) is 1. The largest absolute Gasteiger partial charge is 0.472 e. The highest BCUT2D eigenvalue weighted by Crippen LogP contribution is 2.43. The molecule has 10 heteroatoms.